The Morgan fingerprint density at radius 1 is 1.26 bits per heavy atom. The molecule has 1 amide bonds. The molecule has 1 aliphatic carbocycles. The summed E-state index contributed by atoms with van der Waals surface area (Å²) in [7, 11) is 1.63. The van der Waals surface area contributed by atoms with Gasteiger partial charge in [0.2, 0.25) is 0 Å². The number of rotatable bonds is 3. The van der Waals surface area contributed by atoms with Gasteiger partial charge in [-0.1, -0.05) is 30.3 Å². The maximum absolute atomic E-state index is 11.9. The molecule has 0 aliphatic heterocycles. The summed E-state index contributed by atoms with van der Waals surface area (Å²) in [6, 6.07) is 9.27. The first-order valence-corrected chi connectivity index (χ1v) is 6.37. The lowest BCUT2D eigenvalue weighted by molar-refractivity contribution is 0.0438. The van der Waals surface area contributed by atoms with Crippen LogP contribution in [0, 0.1) is 0 Å². The van der Waals surface area contributed by atoms with E-state index in [9.17, 15) is 15.0 Å². The van der Waals surface area contributed by atoms with Crippen LogP contribution < -0.4 is 0 Å². The van der Waals surface area contributed by atoms with Crippen LogP contribution in [0.4, 0.5) is 4.79 Å². The summed E-state index contributed by atoms with van der Waals surface area (Å²) < 4.78 is 5.20. The van der Waals surface area contributed by atoms with Gasteiger partial charge >= 0.3 is 6.09 Å². The van der Waals surface area contributed by atoms with E-state index in [-0.39, 0.29) is 12.6 Å². The van der Waals surface area contributed by atoms with Gasteiger partial charge in [0.1, 0.15) is 6.61 Å². The normalized spacial score (nSPS) is 26.2. The molecule has 1 saturated carbocycles. The lowest BCUT2D eigenvalue weighted by atomic mass is 10.2. The molecule has 19 heavy (non-hydrogen) atoms. The van der Waals surface area contributed by atoms with E-state index in [0.717, 1.165) is 5.56 Å². The zero-order valence-electron chi connectivity index (χ0n) is 10.9. The zero-order chi connectivity index (χ0) is 13.8. The molecule has 5 nitrogen and oxygen atoms in total. The number of carbonyl (C=O) groups excluding carboxylic acids is 1. The van der Waals surface area contributed by atoms with Crippen molar-refractivity contribution in [2.45, 2.75) is 37.7 Å². The highest BCUT2D eigenvalue weighted by atomic mass is 16.6. The van der Waals surface area contributed by atoms with Crippen molar-refractivity contribution in [1.82, 2.24) is 4.90 Å². The SMILES string of the molecule is CN(C(=O)OCc1ccccc1)C1C[C@@H](O)[C@@H](O)C1. The van der Waals surface area contributed by atoms with Crippen molar-refractivity contribution in [3.8, 4) is 0 Å². The number of aliphatic hydroxyl groups excluding tert-OH is 2. The monoisotopic (exact) mass is 265 g/mol. The van der Waals surface area contributed by atoms with Crippen LogP contribution in [0.2, 0.25) is 0 Å². The van der Waals surface area contributed by atoms with Crippen LogP contribution in [0.1, 0.15) is 18.4 Å². The molecule has 1 aromatic carbocycles. The summed E-state index contributed by atoms with van der Waals surface area (Å²) in [5.74, 6) is 0. The lowest BCUT2D eigenvalue weighted by Crippen LogP contribution is -2.36. The van der Waals surface area contributed by atoms with E-state index in [2.05, 4.69) is 0 Å². The van der Waals surface area contributed by atoms with E-state index >= 15 is 0 Å². The number of nitrogens with zero attached hydrogens (tertiary/aromatic N) is 1. The molecule has 5 heteroatoms. The molecule has 2 N–H and O–H groups in total. The van der Waals surface area contributed by atoms with Crippen LogP contribution >= 0.6 is 0 Å². The third-order valence-corrected chi connectivity index (χ3v) is 3.51. The fourth-order valence-corrected chi connectivity index (χ4v) is 2.25. The Balaban J connectivity index is 1.83. The van der Waals surface area contributed by atoms with E-state index in [0.29, 0.717) is 12.8 Å². The van der Waals surface area contributed by atoms with Crippen LogP contribution in [0.25, 0.3) is 0 Å². The van der Waals surface area contributed by atoms with Gasteiger partial charge in [-0.3, -0.25) is 0 Å². The van der Waals surface area contributed by atoms with E-state index in [4.69, 9.17) is 4.74 Å². The Morgan fingerprint density at radius 2 is 1.84 bits per heavy atom. The quantitative estimate of drug-likeness (QED) is 0.860. The summed E-state index contributed by atoms with van der Waals surface area (Å²) in [4.78, 5) is 13.3. The molecule has 0 heterocycles. The molecule has 0 spiro atoms. The summed E-state index contributed by atoms with van der Waals surface area (Å²) in [6.07, 6.45) is -1.17. The predicted octanol–water partition coefficient (Wildman–Crippen LogP) is 1.14. The first-order chi connectivity index (χ1) is 9.08. The van der Waals surface area contributed by atoms with E-state index in [1.54, 1.807) is 7.05 Å². The molecule has 1 aliphatic rings. The molecule has 1 aromatic rings. The summed E-state index contributed by atoms with van der Waals surface area (Å²) >= 11 is 0. The van der Waals surface area contributed by atoms with Crippen LogP contribution in [-0.4, -0.2) is 46.5 Å². The van der Waals surface area contributed by atoms with Crippen molar-refractivity contribution in [1.29, 1.82) is 0 Å². The first kappa shape index (κ1) is 13.8. The molecule has 0 aromatic heterocycles. The van der Waals surface area contributed by atoms with E-state index < -0.39 is 18.3 Å². The molecule has 0 saturated heterocycles. The number of hydrogen-bond acceptors (Lipinski definition) is 4. The number of aliphatic hydroxyl groups is 2. The molecule has 3 atom stereocenters. The minimum Gasteiger partial charge on any atom is -0.445 e. The van der Waals surface area contributed by atoms with Crippen molar-refractivity contribution >= 4 is 6.09 Å². The molecular formula is C14H19NO4. The highest BCUT2D eigenvalue weighted by Gasteiger charge is 2.35. The van der Waals surface area contributed by atoms with Gasteiger partial charge in [0.25, 0.3) is 0 Å². The van der Waals surface area contributed by atoms with Crippen molar-refractivity contribution < 1.29 is 19.7 Å². The topological polar surface area (TPSA) is 70.0 Å². The van der Waals surface area contributed by atoms with Crippen molar-refractivity contribution in [3.05, 3.63) is 35.9 Å². The fourth-order valence-electron chi connectivity index (χ4n) is 2.25. The average Bonchev–Trinajstić information content (AvgIpc) is 2.76. The van der Waals surface area contributed by atoms with Gasteiger partial charge in [0.15, 0.2) is 0 Å². The maximum Gasteiger partial charge on any atom is 0.410 e. The first-order valence-electron chi connectivity index (χ1n) is 6.37. The predicted molar refractivity (Wildman–Crippen MR) is 69.4 cm³/mol. The third kappa shape index (κ3) is 3.45. The zero-order valence-corrected chi connectivity index (χ0v) is 10.9. The summed E-state index contributed by atoms with van der Waals surface area (Å²) in [5.41, 5.74) is 0.927. The number of hydrogen-bond donors (Lipinski definition) is 2. The Bertz CT molecular complexity index is 413. The number of ether oxygens (including phenoxy) is 1. The minimum atomic E-state index is -0.755. The Labute approximate surface area is 112 Å². The van der Waals surface area contributed by atoms with E-state index in [1.165, 1.54) is 4.90 Å². The molecule has 0 bridgehead atoms. The highest BCUT2D eigenvalue weighted by molar-refractivity contribution is 5.67. The molecule has 0 radical (unpaired) electrons. The number of benzene rings is 1. The van der Waals surface area contributed by atoms with Crippen molar-refractivity contribution in [2.75, 3.05) is 7.05 Å². The number of amides is 1. The molecule has 1 fully saturated rings. The molecule has 2 rings (SSSR count). The van der Waals surface area contributed by atoms with Gasteiger partial charge in [-0.05, 0) is 18.4 Å². The highest BCUT2D eigenvalue weighted by Crippen LogP contribution is 2.24. The van der Waals surface area contributed by atoms with Crippen molar-refractivity contribution in [3.63, 3.8) is 0 Å². The second-order valence-corrected chi connectivity index (χ2v) is 4.91. The van der Waals surface area contributed by atoms with Gasteiger partial charge < -0.3 is 19.8 Å². The fraction of sp³-hybridized carbons (Fsp3) is 0.500. The molecule has 1 unspecified atom stereocenters. The minimum absolute atomic E-state index is 0.173. The lowest BCUT2D eigenvalue weighted by Gasteiger charge is -2.23. The molecular weight excluding hydrogens is 246 g/mol. The van der Waals surface area contributed by atoms with Crippen molar-refractivity contribution in [2.24, 2.45) is 0 Å². The number of carbonyl (C=O) groups is 1. The Hall–Kier alpha value is -1.59. The van der Waals surface area contributed by atoms with Gasteiger partial charge in [0.05, 0.1) is 12.2 Å². The molecule has 104 valence electrons. The Kier molecular flexibility index (Phi) is 4.39. The van der Waals surface area contributed by atoms with Gasteiger partial charge in [-0.25, -0.2) is 4.79 Å². The van der Waals surface area contributed by atoms with Crippen LogP contribution in [0.5, 0.6) is 0 Å². The second-order valence-electron chi connectivity index (χ2n) is 4.91. The van der Waals surface area contributed by atoms with Gasteiger partial charge in [-0.2, -0.15) is 0 Å². The largest absolute Gasteiger partial charge is 0.445 e. The summed E-state index contributed by atoms with van der Waals surface area (Å²) in [5, 5.41) is 19.0. The van der Waals surface area contributed by atoms with Crippen LogP contribution in [-0.2, 0) is 11.3 Å². The average molecular weight is 265 g/mol. The van der Waals surface area contributed by atoms with Gasteiger partial charge in [-0.15, -0.1) is 0 Å². The maximum atomic E-state index is 11.9. The third-order valence-electron chi connectivity index (χ3n) is 3.51. The smallest absolute Gasteiger partial charge is 0.410 e. The van der Waals surface area contributed by atoms with Gasteiger partial charge in [0, 0.05) is 13.1 Å². The van der Waals surface area contributed by atoms with Crippen LogP contribution in [0.15, 0.2) is 30.3 Å². The van der Waals surface area contributed by atoms with E-state index in [1.807, 2.05) is 30.3 Å². The second kappa shape index (κ2) is 6.04. The van der Waals surface area contributed by atoms with Crippen LogP contribution in [0.3, 0.4) is 0 Å². The Morgan fingerprint density at radius 3 is 2.42 bits per heavy atom. The standard InChI is InChI=1S/C14H19NO4/c1-15(11-7-12(16)13(17)8-11)14(18)19-9-10-5-3-2-4-6-10/h2-6,11-13,16-17H,7-9H2,1H3/t11?,12-,13+. The summed E-state index contributed by atoms with van der Waals surface area (Å²) in [6.45, 7) is 0.224.